The first-order valence-electron chi connectivity index (χ1n) is 13.1. The molecule has 1 atom stereocenters. The fourth-order valence-corrected chi connectivity index (χ4v) is 6.81. The number of alkyl halides is 2. The van der Waals surface area contributed by atoms with E-state index in [2.05, 4.69) is 16.0 Å². The van der Waals surface area contributed by atoms with E-state index in [-0.39, 0.29) is 24.6 Å². The summed E-state index contributed by atoms with van der Waals surface area (Å²) in [6.07, 6.45) is 5.55. The zero-order chi connectivity index (χ0) is 26.8. The molecule has 7 nitrogen and oxygen atoms in total. The van der Waals surface area contributed by atoms with Crippen molar-refractivity contribution in [1.29, 1.82) is 0 Å². The molecule has 3 heterocycles. The molecular weight excluding hydrogens is 492 g/mol. The smallest absolute Gasteiger partial charge is 0.416 e. The van der Waals surface area contributed by atoms with Crippen molar-refractivity contribution >= 4 is 23.0 Å². The molecule has 1 N–H and O–H groups in total. The number of pyridine rings is 1. The summed E-state index contributed by atoms with van der Waals surface area (Å²) in [7, 11) is 1.30. The van der Waals surface area contributed by atoms with Crippen LogP contribution in [0.2, 0.25) is 0 Å². The Bertz CT molecular complexity index is 1420. The molecule has 0 amide bonds. The van der Waals surface area contributed by atoms with Crippen molar-refractivity contribution in [3.8, 4) is 0 Å². The molecule has 1 spiro atoms. The Morgan fingerprint density at radius 2 is 1.97 bits per heavy atom. The van der Waals surface area contributed by atoms with Crippen molar-refractivity contribution in [3.63, 3.8) is 0 Å². The summed E-state index contributed by atoms with van der Waals surface area (Å²) in [4.78, 5) is 30.5. The summed E-state index contributed by atoms with van der Waals surface area (Å²) in [6, 6.07) is 7.35. The third-order valence-corrected chi connectivity index (χ3v) is 8.72. The van der Waals surface area contributed by atoms with Crippen LogP contribution in [0.5, 0.6) is 0 Å². The Balaban J connectivity index is 1.39. The molecule has 3 aromatic rings. The second-order valence-corrected chi connectivity index (χ2v) is 11.4. The van der Waals surface area contributed by atoms with Gasteiger partial charge in [0.05, 0.1) is 12.6 Å². The lowest BCUT2D eigenvalue weighted by molar-refractivity contribution is -0.186. The van der Waals surface area contributed by atoms with Crippen LogP contribution in [0.1, 0.15) is 83.2 Å². The number of carbonyl (C=O) groups excluding carboxylic acids is 1. The Hall–Kier alpha value is -3.33. The van der Waals surface area contributed by atoms with Gasteiger partial charge >= 0.3 is 12.1 Å². The number of rotatable bonds is 5. The molecule has 38 heavy (non-hydrogen) atoms. The first-order chi connectivity index (χ1) is 18.1. The number of halogens is 2. The molecule has 1 aromatic carbocycles. The standard InChI is InChI=1S/C29H31F2N3O4/c1-17-11-21(18-3-4-18)22(20-7-9-34(25(17)20)27(36)37)14-33-10-8-28(15-29(30,31)16-28)12-24(33)19-5-6-23(32-13-19)26(35)38-2/h5-7,9,11,13,18,24H,3-4,8,10,12,14-16H2,1-2H3,(H,36,37). The second kappa shape index (κ2) is 8.86. The maximum Gasteiger partial charge on any atom is 0.416 e. The van der Waals surface area contributed by atoms with Gasteiger partial charge in [0.15, 0.2) is 0 Å². The molecule has 3 fully saturated rings. The summed E-state index contributed by atoms with van der Waals surface area (Å²) in [6.45, 7) is 3.19. The van der Waals surface area contributed by atoms with Gasteiger partial charge in [0.2, 0.25) is 5.92 Å². The van der Waals surface area contributed by atoms with Gasteiger partial charge < -0.3 is 9.84 Å². The number of likely N-dealkylation sites (tertiary alicyclic amines) is 1. The van der Waals surface area contributed by atoms with Crippen LogP contribution in [-0.4, -0.2) is 51.2 Å². The van der Waals surface area contributed by atoms with Crippen molar-refractivity contribution in [1.82, 2.24) is 14.5 Å². The molecule has 9 heteroatoms. The van der Waals surface area contributed by atoms with Crippen molar-refractivity contribution in [2.24, 2.45) is 5.41 Å². The highest BCUT2D eigenvalue weighted by Crippen LogP contribution is 2.60. The molecular formula is C29H31F2N3O4. The van der Waals surface area contributed by atoms with E-state index < -0.39 is 23.4 Å². The van der Waals surface area contributed by atoms with E-state index in [0.717, 1.165) is 34.9 Å². The quantitative estimate of drug-likeness (QED) is 0.396. The van der Waals surface area contributed by atoms with Crippen LogP contribution in [0.4, 0.5) is 13.6 Å². The van der Waals surface area contributed by atoms with Gasteiger partial charge in [0.25, 0.3) is 0 Å². The van der Waals surface area contributed by atoms with E-state index in [9.17, 15) is 23.5 Å². The van der Waals surface area contributed by atoms with Gasteiger partial charge in [-0.15, -0.1) is 0 Å². The number of carbonyl (C=O) groups is 2. The van der Waals surface area contributed by atoms with Crippen molar-refractivity contribution in [3.05, 3.63) is 64.6 Å². The predicted molar refractivity (Wildman–Crippen MR) is 137 cm³/mol. The van der Waals surface area contributed by atoms with E-state index in [1.54, 1.807) is 18.5 Å². The first kappa shape index (κ1) is 25.0. The van der Waals surface area contributed by atoms with Gasteiger partial charge in [0.1, 0.15) is 5.69 Å². The largest absolute Gasteiger partial charge is 0.464 e. The van der Waals surface area contributed by atoms with Crippen molar-refractivity contribution in [2.75, 3.05) is 13.7 Å². The monoisotopic (exact) mass is 523 g/mol. The third-order valence-electron chi connectivity index (χ3n) is 8.72. The van der Waals surface area contributed by atoms with E-state index in [1.807, 2.05) is 19.1 Å². The van der Waals surface area contributed by atoms with Crippen LogP contribution in [-0.2, 0) is 11.3 Å². The van der Waals surface area contributed by atoms with Gasteiger partial charge in [-0.3, -0.25) is 9.47 Å². The van der Waals surface area contributed by atoms with Crippen LogP contribution in [0.15, 0.2) is 36.7 Å². The number of carboxylic acid groups (broad SMARTS) is 1. The third kappa shape index (κ3) is 4.26. The lowest BCUT2D eigenvalue weighted by atomic mass is 9.59. The van der Waals surface area contributed by atoms with Crippen molar-refractivity contribution < 1.29 is 28.2 Å². The fraction of sp³-hybridized carbons (Fsp3) is 0.483. The maximum absolute atomic E-state index is 14.0. The summed E-state index contributed by atoms with van der Waals surface area (Å²) < 4.78 is 34.1. The number of hydrogen-bond donors (Lipinski definition) is 1. The first-order valence-corrected chi connectivity index (χ1v) is 13.1. The zero-order valence-corrected chi connectivity index (χ0v) is 21.5. The molecule has 0 bridgehead atoms. The molecule has 2 aliphatic carbocycles. The molecule has 6 rings (SSSR count). The van der Waals surface area contributed by atoms with Gasteiger partial charge in [-0.1, -0.05) is 12.1 Å². The van der Waals surface area contributed by atoms with Crippen LogP contribution < -0.4 is 0 Å². The SMILES string of the molecule is COC(=O)c1ccc(C2CC3(CCN2Cc2c(C4CC4)cc(C)c4c2ccn4C(=O)O)CC(F)(F)C3)cn1. The number of esters is 1. The number of benzene rings is 1. The van der Waals surface area contributed by atoms with E-state index >= 15 is 0 Å². The highest BCUT2D eigenvalue weighted by atomic mass is 19.3. The molecule has 1 aliphatic heterocycles. The van der Waals surface area contributed by atoms with Crippen LogP contribution in [0.25, 0.3) is 10.9 Å². The summed E-state index contributed by atoms with van der Waals surface area (Å²) in [5.41, 5.74) is 4.69. The molecule has 3 aliphatic rings. The van der Waals surface area contributed by atoms with Gasteiger partial charge in [-0.05, 0) is 84.9 Å². The van der Waals surface area contributed by atoms with E-state index in [4.69, 9.17) is 4.74 Å². The lowest BCUT2D eigenvalue weighted by Crippen LogP contribution is -2.53. The van der Waals surface area contributed by atoms with E-state index in [1.165, 1.54) is 17.2 Å². The summed E-state index contributed by atoms with van der Waals surface area (Å²) in [5, 5.41) is 10.7. The number of fused-ring (bicyclic) bond motifs is 1. The highest BCUT2D eigenvalue weighted by Gasteiger charge is 2.58. The number of ether oxygens (including phenoxy) is 1. The van der Waals surface area contributed by atoms with Crippen molar-refractivity contribution in [2.45, 2.75) is 69.9 Å². The Morgan fingerprint density at radius 1 is 1.21 bits per heavy atom. The minimum Gasteiger partial charge on any atom is -0.464 e. The van der Waals surface area contributed by atoms with Crippen LogP contribution >= 0.6 is 0 Å². The lowest BCUT2D eigenvalue weighted by Gasteiger charge is -2.54. The zero-order valence-electron chi connectivity index (χ0n) is 21.5. The molecule has 2 aromatic heterocycles. The number of piperidine rings is 1. The molecule has 1 saturated heterocycles. The summed E-state index contributed by atoms with van der Waals surface area (Å²) >= 11 is 0. The average molecular weight is 524 g/mol. The number of nitrogens with zero attached hydrogens (tertiary/aromatic N) is 3. The molecule has 0 radical (unpaired) electrons. The minimum absolute atomic E-state index is 0.0957. The van der Waals surface area contributed by atoms with Gasteiger partial charge in [0, 0.05) is 43.2 Å². The highest BCUT2D eigenvalue weighted by molar-refractivity contribution is 5.94. The molecule has 1 unspecified atom stereocenters. The summed E-state index contributed by atoms with van der Waals surface area (Å²) in [5.74, 6) is -2.67. The van der Waals surface area contributed by atoms with Gasteiger partial charge in [-0.25, -0.2) is 23.4 Å². The molecule has 2 saturated carbocycles. The second-order valence-electron chi connectivity index (χ2n) is 11.4. The molecule has 200 valence electrons. The van der Waals surface area contributed by atoms with E-state index in [0.29, 0.717) is 37.4 Å². The number of aromatic nitrogens is 2. The number of hydrogen-bond acceptors (Lipinski definition) is 5. The minimum atomic E-state index is -2.61. The van der Waals surface area contributed by atoms with Crippen LogP contribution in [0, 0.1) is 12.3 Å². The Morgan fingerprint density at radius 3 is 2.58 bits per heavy atom. The van der Waals surface area contributed by atoms with Crippen LogP contribution in [0.3, 0.4) is 0 Å². The van der Waals surface area contributed by atoms with Gasteiger partial charge in [-0.2, -0.15) is 0 Å². The number of aryl methyl sites for hydroxylation is 1. The maximum atomic E-state index is 14.0. The fourth-order valence-electron chi connectivity index (χ4n) is 6.81. The Kier molecular flexibility index (Phi) is 5.83. The average Bonchev–Trinajstić information content (AvgIpc) is 3.61. The number of methoxy groups -OCH3 is 1. The predicted octanol–water partition coefficient (Wildman–Crippen LogP) is 6.29. The topological polar surface area (TPSA) is 84.7 Å². The normalized spacial score (nSPS) is 22.4. The Labute approximate surface area is 219 Å².